The smallest absolute Gasteiger partial charge is 0.416 e. The summed E-state index contributed by atoms with van der Waals surface area (Å²) in [6, 6.07) is 8.86. The molecule has 0 aliphatic carbocycles. The number of hydrogen-bond donors (Lipinski definition) is 2. The van der Waals surface area contributed by atoms with Crippen LogP contribution in [-0.4, -0.2) is 15.1 Å². The minimum atomic E-state index is -4.44. The number of aromatic nitrogens is 2. The van der Waals surface area contributed by atoms with Gasteiger partial charge in [-0.25, -0.2) is 9.97 Å². The Labute approximate surface area is 179 Å². The summed E-state index contributed by atoms with van der Waals surface area (Å²) >= 11 is 0. The van der Waals surface area contributed by atoms with Gasteiger partial charge in [-0.15, -0.1) is 0 Å². The highest BCUT2D eigenvalue weighted by atomic mass is 19.4. The van der Waals surface area contributed by atoms with Crippen molar-refractivity contribution in [1.82, 2.24) is 9.97 Å². The lowest BCUT2D eigenvalue weighted by atomic mass is 9.91. The van der Waals surface area contributed by atoms with Gasteiger partial charge in [-0.05, 0) is 60.7 Å². The van der Waals surface area contributed by atoms with E-state index in [4.69, 9.17) is 0 Å². The van der Waals surface area contributed by atoms with Crippen LogP contribution in [0.25, 0.3) is 16.6 Å². The zero-order valence-electron chi connectivity index (χ0n) is 17.6. The van der Waals surface area contributed by atoms with Gasteiger partial charge in [0.25, 0.3) is 0 Å². The lowest BCUT2D eigenvalue weighted by molar-refractivity contribution is -0.137. The SMILES string of the molecule is C=C(O)CC(C)c1cc2c(NC(=C)c3cccc(C(F)(F)F)c3)nc(C)nc2cc1C. The third-order valence-corrected chi connectivity index (χ3v) is 5.08. The monoisotopic (exact) mass is 427 g/mol. The molecule has 2 N–H and O–H groups in total. The van der Waals surface area contributed by atoms with Crippen LogP contribution in [0.3, 0.4) is 0 Å². The molecule has 1 aromatic heterocycles. The molecule has 0 spiro atoms. The lowest BCUT2D eigenvalue weighted by Gasteiger charge is -2.18. The van der Waals surface area contributed by atoms with E-state index in [9.17, 15) is 18.3 Å². The zero-order chi connectivity index (χ0) is 22.9. The predicted molar refractivity (Wildman–Crippen MR) is 118 cm³/mol. The summed E-state index contributed by atoms with van der Waals surface area (Å²) < 4.78 is 39.2. The van der Waals surface area contributed by atoms with Crippen molar-refractivity contribution in [2.24, 2.45) is 0 Å². The summed E-state index contributed by atoms with van der Waals surface area (Å²) in [6.07, 6.45) is -4.02. The molecule has 0 saturated heterocycles. The molecule has 3 rings (SSSR count). The average molecular weight is 427 g/mol. The minimum Gasteiger partial charge on any atom is -0.513 e. The number of alkyl halides is 3. The van der Waals surface area contributed by atoms with Crippen LogP contribution in [0.15, 0.2) is 55.3 Å². The fraction of sp³-hybridized carbons (Fsp3) is 0.250. The normalized spacial score (nSPS) is 12.6. The Morgan fingerprint density at radius 2 is 1.84 bits per heavy atom. The van der Waals surface area contributed by atoms with Crippen molar-refractivity contribution in [1.29, 1.82) is 0 Å². The number of aliphatic hydroxyl groups is 1. The molecule has 0 amide bonds. The van der Waals surface area contributed by atoms with Crippen LogP contribution in [0.4, 0.5) is 19.0 Å². The second kappa shape index (κ2) is 8.41. The van der Waals surface area contributed by atoms with Crippen molar-refractivity contribution in [3.05, 3.63) is 83.4 Å². The molecular formula is C24H24F3N3O. The van der Waals surface area contributed by atoms with Crippen molar-refractivity contribution in [2.45, 2.75) is 39.3 Å². The van der Waals surface area contributed by atoms with Gasteiger partial charge in [0.2, 0.25) is 0 Å². The quantitative estimate of drug-likeness (QED) is 0.420. The molecule has 1 atom stereocenters. The summed E-state index contributed by atoms with van der Waals surface area (Å²) in [5.74, 6) is 1.10. The molecule has 3 aromatic rings. The zero-order valence-corrected chi connectivity index (χ0v) is 17.6. The number of aryl methyl sites for hydroxylation is 2. The second-order valence-corrected chi connectivity index (χ2v) is 7.70. The third kappa shape index (κ3) is 5.05. The van der Waals surface area contributed by atoms with Crippen molar-refractivity contribution < 1.29 is 18.3 Å². The average Bonchev–Trinajstić information content (AvgIpc) is 2.66. The number of anilines is 1. The van der Waals surface area contributed by atoms with Gasteiger partial charge in [0.1, 0.15) is 11.6 Å². The summed E-state index contributed by atoms with van der Waals surface area (Å²) in [5.41, 5.74) is 2.60. The van der Waals surface area contributed by atoms with E-state index in [0.717, 1.165) is 28.6 Å². The maximum atomic E-state index is 13.1. The van der Waals surface area contributed by atoms with Gasteiger partial charge in [-0.1, -0.05) is 32.2 Å². The first-order valence-corrected chi connectivity index (χ1v) is 9.75. The van der Waals surface area contributed by atoms with Gasteiger partial charge in [0.15, 0.2) is 0 Å². The molecule has 31 heavy (non-hydrogen) atoms. The van der Waals surface area contributed by atoms with Crippen LogP contribution < -0.4 is 5.32 Å². The first kappa shape index (κ1) is 22.3. The number of nitrogens with zero attached hydrogens (tertiary/aromatic N) is 2. The summed E-state index contributed by atoms with van der Waals surface area (Å²) in [6.45, 7) is 13.2. The molecule has 162 valence electrons. The van der Waals surface area contributed by atoms with Gasteiger partial charge in [-0.3, -0.25) is 0 Å². The number of benzene rings is 2. The van der Waals surface area contributed by atoms with Crippen LogP contribution in [0.1, 0.15) is 47.3 Å². The first-order chi connectivity index (χ1) is 14.5. The largest absolute Gasteiger partial charge is 0.513 e. The molecular weight excluding hydrogens is 403 g/mol. The van der Waals surface area contributed by atoms with E-state index in [0.29, 0.717) is 34.8 Å². The highest BCUT2D eigenvalue weighted by Crippen LogP contribution is 2.33. The third-order valence-electron chi connectivity index (χ3n) is 5.08. The number of halogens is 3. The van der Waals surface area contributed by atoms with E-state index in [-0.39, 0.29) is 11.7 Å². The Hall–Kier alpha value is -3.35. The van der Waals surface area contributed by atoms with E-state index in [1.54, 1.807) is 13.0 Å². The minimum absolute atomic E-state index is 0.0164. The Kier molecular flexibility index (Phi) is 6.06. The molecule has 0 radical (unpaired) electrons. The van der Waals surface area contributed by atoms with Gasteiger partial charge in [0.05, 0.1) is 16.8 Å². The van der Waals surface area contributed by atoms with E-state index in [2.05, 4.69) is 28.4 Å². The van der Waals surface area contributed by atoms with Crippen molar-refractivity contribution >= 4 is 22.4 Å². The number of hydrogen-bond acceptors (Lipinski definition) is 4. The first-order valence-electron chi connectivity index (χ1n) is 9.75. The van der Waals surface area contributed by atoms with E-state index < -0.39 is 11.7 Å². The second-order valence-electron chi connectivity index (χ2n) is 7.70. The van der Waals surface area contributed by atoms with Gasteiger partial charge >= 0.3 is 6.18 Å². The molecule has 0 aliphatic heterocycles. The van der Waals surface area contributed by atoms with Crippen molar-refractivity contribution in [2.75, 3.05) is 5.32 Å². The highest BCUT2D eigenvalue weighted by molar-refractivity contribution is 5.94. The van der Waals surface area contributed by atoms with Crippen LogP contribution in [0.2, 0.25) is 0 Å². The molecule has 7 heteroatoms. The van der Waals surface area contributed by atoms with E-state index >= 15 is 0 Å². The topological polar surface area (TPSA) is 58.0 Å². The van der Waals surface area contributed by atoms with Crippen LogP contribution in [0, 0.1) is 13.8 Å². The standard InChI is InChI=1S/C24H24F3N3O/c1-13(9-15(3)31)20-12-21-22(10-14(20)2)29-17(5)30-23(21)28-16(4)18-7-6-8-19(11-18)24(25,26)27/h6-8,10-13,31H,3-4,9H2,1-2,5H3,(H,28,29,30). The lowest BCUT2D eigenvalue weighted by Crippen LogP contribution is -2.07. The van der Waals surface area contributed by atoms with Gasteiger partial charge in [0, 0.05) is 17.5 Å². The molecule has 1 unspecified atom stereocenters. The Balaban J connectivity index is 2.03. The number of nitrogens with one attached hydrogen (secondary N) is 1. The summed E-state index contributed by atoms with van der Waals surface area (Å²) in [5, 5.41) is 13.4. The maximum absolute atomic E-state index is 13.1. The predicted octanol–water partition coefficient (Wildman–Crippen LogP) is 6.91. The molecule has 0 saturated carbocycles. The van der Waals surface area contributed by atoms with Gasteiger partial charge < -0.3 is 10.4 Å². The molecule has 2 aromatic carbocycles. The fourth-order valence-electron chi connectivity index (χ4n) is 3.60. The molecule has 0 fully saturated rings. The highest BCUT2D eigenvalue weighted by Gasteiger charge is 2.30. The number of allylic oxidation sites excluding steroid dienone is 1. The molecule has 0 aliphatic rings. The molecule has 4 nitrogen and oxygen atoms in total. The van der Waals surface area contributed by atoms with Crippen LogP contribution >= 0.6 is 0 Å². The van der Waals surface area contributed by atoms with Crippen molar-refractivity contribution in [3.63, 3.8) is 0 Å². The molecule has 0 bridgehead atoms. The Morgan fingerprint density at radius 1 is 1.13 bits per heavy atom. The molecule has 1 heterocycles. The number of rotatable bonds is 6. The maximum Gasteiger partial charge on any atom is 0.416 e. The van der Waals surface area contributed by atoms with Crippen LogP contribution in [-0.2, 0) is 6.18 Å². The van der Waals surface area contributed by atoms with E-state index in [1.807, 2.05) is 26.0 Å². The Bertz CT molecular complexity index is 1170. The number of fused-ring (bicyclic) bond motifs is 1. The van der Waals surface area contributed by atoms with Crippen molar-refractivity contribution in [3.8, 4) is 0 Å². The fourth-order valence-corrected chi connectivity index (χ4v) is 3.60. The van der Waals surface area contributed by atoms with Crippen LogP contribution in [0.5, 0.6) is 0 Å². The summed E-state index contributed by atoms with van der Waals surface area (Å²) in [7, 11) is 0. The number of aliphatic hydroxyl groups excluding tert-OH is 1. The summed E-state index contributed by atoms with van der Waals surface area (Å²) in [4.78, 5) is 8.95. The van der Waals surface area contributed by atoms with E-state index in [1.165, 1.54) is 6.07 Å². The Morgan fingerprint density at radius 3 is 2.48 bits per heavy atom. The van der Waals surface area contributed by atoms with Gasteiger partial charge in [-0.2, -0.15) is 13.2 Å².